The second-order valence-corrected chi connectivity index (χ2v) is 8.84. The predicted octanol–water partition coefficient (Wildman–Crippen LogP) is 4.53. The van der Waals surface area contributed by atoms with Gasteiger partial charge in [-0.2, -0.15) is 0 Å². The van der Waals surface area contributed by atoms with Crippen molar-refractivity contribution in [2.75, 3.05) is 20.1 Å². The number of nitrogens with one attached hydrogen (secondary N) is 1. The quantitative estimate of drug-likeness (QED) is 0.678. The van der Waals surface area contributed by atoms with Gasteiger partial charge in [-0.25, -0.2) is 4.98 Å². The lowest BCUT2D eigenvalue weighted by molar-refractivity contribution is 0.0920. The Balaban J connectivity index is 1.43. The Hall–Kier alpha value is -2.50. The minimum absolute atomic E-state index is 0.0153. The number of nitrogens with zero attached hydrogens (tertiary/aromatic N) is 2. The maximum atomic E-state index is 12.8. The highest BCUT2D eigenvalue weighted by Gasteiger charge is 2.22. The Morgan fingerprint density at radius 2 is 1.72 bits per heavy atom. The van der Waals surface area contributed by atoms with Crippen molar-refractivity contribution in [3.05, 3.63) is 76.3 Å². The van der Waals surface area contributed by atoms with Gasteiger partial charge in [0.25, 0.3) is 5.91 Å². The maximum Gasteiger partial charge on any atom is 0.263 e. The molecule has 1 aliphatic heterocycles. The molecule has 0 atom stereocenters. The molecule has 2 heterocycles. The van der Waals surface area contributed by atoms with E-state index in [1.165, 1.54) is 22.5 Å². The molecule has 0 unspecified atom stereocenters. The van der Waals surface area contributed by atoms with E-state index in [-0.39, 0.29) is 11.9 Å². The molecule has 1 amide bonds. The number of thiazole rings is 1. The first-order valence-corrected chi connectivity index (χ1v) is 11.0. The number of hydrogen-bond donors (Lipinski definition) is 1. The molecular formula is C24H27N3OS. The highest BCUT2D eigenvalue weighted by atomic mass is 32.1. The second-order valence-electron chi connectivity index (χ2n) is 7.84. The van der Waals surface area contributed by atoms with Gasteiger partial charge in [0.15, 0.2) is 0 Å². The third kappa shape index (κ3) is 4.92. The van der Waals surface area contributed by atoms with E-state index in [9.17, 15) is 4.79 Å². The van der Waals surface area contributed by atoms with Gasteiger partial charge in [-0.05, 0) is 57.5 Å². The zero-order chi connectivity index (χ0) is 20.2. The van der Waals surface area contributed by atoms with Gasteiger partial charge in [-0.1, -0.05) is 54.6 Å². The molecule has 1 aromatic heterocycles. The zero-order valence-electron chi connectivity index (χ0n) is 17.0. The number of rotatable bonds is 5. The van der Waals surface area contributed by atoms with E-state index in [1.54, 1.807) is 0 Å². The van der Waals surface area contributed by atoms with Gasteiger partial charge in [0.1, 0.15) is 9.88 Å². The number of aryl methyl sites for hydroxylation is 1. The maximum absolute atomic E-state index is 12.8. The zero-order valence-corrected chi connectivity index (χ0v) is 17.8. The summed E-state index contributed by atoms with van der Waals surface area (Å²) in [6.07, 6.45) is 2.94. The number of likely N-dealkylation sites (tertiary alicyclic amines) is 1. The van der Waals surface area contributed by atoms with Crippen molar-refractivity contribution in [1.29, 1.82) is 0 Å². The first-order valence-electron chi connectivity index (χ1n) is 10.2. The molecule has 150 valence electrons. The van der Waals surface area contributed by atoms with Crippen molar-refractivity contribution in [3.63, 3.8) is 0 Å². The van der Waals surface area contributed by atoms with Gasteiger partial charge in [-0.15, -0.1) is 11.3 Å². The van der Waals surface area contributed by atoms with Gasteiger partial charge in [0.2, 0.25) is 0 Å². The van der Waals surface area contributed by atoms with Crippen LogP contribution in [0.15, 0.2) is 54.6 Å². The third-order valence-electron chi connectivity index (χ3n) is 5.51. The summed E-state index contributed by atoms with van der Waals surface area (Å²) in [7, 11) is 2.13. The van der Waals surface area contributed by atoms with E-state index in [4.69, 9.17) is 0 Å². The Kier molecular flexibility index (Phi) is 6.07. The first-order chi connectivity index (χ1) is 14.1. The van der Waals surface area contributed by atoms with Crippen molar-refractivity contribution < 1.29 is 4.79 Å². The standard InChI is InChI=1S/C24H27N3OS/c1-17-22(23(28)26-21-12-14-27(2)15-13-21)29-24(25-17)20-10-8-19(9-11-20)16-18-6-4-3-5-7-18/h3-11,21H,12-16H2,1-2H3,(H,26,28). The fraction of sp³-hybridized carbons (Fsp3) is 0.333. The minimum Gasteiger partial charge on any atom is -0.348 e. The lowest BCUT2D eigenvalue weighted by atomic mass is 10.0. The van der Waals surface area contributed by atoms with Crippen LogP contribution in [0.5, 0.6) is 0 Å². The van der Waals surface area contributed by atoms with E-state index < -0.39 is 0 Å². The Labute approximate surface area is 176 Å². The Morgan fingerprint density at radius 3 is 2.41 bits per heavy atom. The molecule has 4 nitrogen and oxygen atoms in total. The van der Waals surface area contributed by atoms with Crippen LogP contribution in [0, 0.1) is 6.92 Å². The molecule has 1 saturated heterocycles. The van der Waals surface area contributed by atoms with Crippen LogP contribution in [0.4, 0.5) is 0 Å². The van der Waals surface area contributed by atoms with E-state index in [1.807, 2.05) is 13.0 Å². The van der Waals surface area contributed by atoms with Gasteiger partial charge in [-0.3, -0.25) is 4.79 Å². The van der Waals surface area contributed by atoms with Crippen LogP contribution in [0.1, 0.15) is 39.3 Å². The Bertz CT molecular complexity index is 958. The van der Waals surface area contributed by atoms with Crippen molar-refractivity contribution in [1.82, 2.24) is 15.2 Å². The first kappa shape index (κ1) is 19.8. The van der Waals surface area contributed by atoms with Crippen LogP contribution in [0.3, 0.4) is 0 Å². The number of aromatic nitrogens is 1. The molecule has 0 bridgehead atoms. The summed E-state index contributed by atoms with van der Waals surface area (Å²) < 4.78 is 0. The molecule has 0 spiro atoms. The van der Waals surface area contributed by atoms with E-state index >= 15 is 0 Å². The molecule has 0 radical (unpaired) electrons. The summed E-state index contributed by atoms with van der Waals surface area (Å²) >= 11 is 1.49. The van der Waals surface area contributed by atoms with E-state index in [0.29, 0.717) is 0 Å². The number of hydrogen-bond acceptors (Lipinski definition) is 4. The highest BCUT2D eigenvalue weighted by molar-refractivity contribution is 7.17. The van der Waals surface area contributed by atoms with Crippen LogP contribution in [0.2, 0.25) is 0 Å². The smallest absolute Gasteiger partial charge is 0.263 e. The largest absolute Gasteiger partial charge is 0.348 e. The molecule has 4 rings (SSSR count). The number of carbonyl (C=O) groups is 1. The van der Waals surface area contributed by atoms with E-state index in [0.717, 1.165) is 53.5 Å². The predicted molar refractivity (Wildman–Crippen MR) is 120 cm³/mol. The lowest BCUT2D eigenvalue weighted by Crippen LogP contribution is -2.43. The highest BCUT2D eigenvalue weighted by Crippen LogP contribution is 2.28. The van der Waals surface area contributed by atoms with Crippen LogP contribution < -0.4 is 5.32 Å². The molecule has 3 aromatic rings. The molecule has 1 aliphatic rings. The van der Waals surface area contributed by atoms with Gasteiger partial charge >= 0.3 is 0 Å². The van der Waals surface area contributed by atoms with E-state index in [2.05, 4.69) is 70.8 Å². The van der Waals surface area contributed by atoms with Crippen LogP contribution >= 0.6 is 11.3 Å². The number of piperidine rings is 1. The normalized spacial score (nSPS) is 15.4. The van der Waals surface area contributed by atoms with Gasteiger partial charge < -0.3 is 10.2 Å². The fourth-order valence-electron chi connectivity index (χ4n) is 3.73. The molecule has 1 N–H and O–H groups in total. The van der Waals surface area contributed by atoms with Crippen molar-refractivity contribution in [3.8, 4) is 10.6 Å². The molecule has 5 heteroatoms. The SMILES string of the molecule is Cc1nc(-c2ccc(Cc3ccccc3)cc2)sc1C(=O)NC1CCN(C)CC1. The molecule has 2 aromatic carbocycles. The molecule has 0 aliphatic carbocycles. The summed E-state index contributed by atoms with van der Waals surface area (Å²) in [6, 6.07) is 19.2. The average Bonchev–Trinajstić information content (AvgIpc) is 3.13. The van der Waals surface area contributed by atoms with Crippen molar-refractivity contribution >= 4 is 17.2 Å². The number of benzene rings is 2. The average molecular weight is 406 g/mol. The summed E-state index contributed by atoms with van der Waals surface area (Å²) in [4.78, 5) is 20.5. The second kappa shape index (κ2) is 8.89. The summed E-state index contributed by atoms with van der Waals surface area (Å²) in [5, 5.41) is 4.11. The summed E-state index contributed by atoms with van der Waals surface area (Å²) in [5.74, 6) is 0.0153. The van der Waals surface area contributed by atoms with Crippen LogP contribution in [-0.2, 0) is 6.42 Å². The van der Waals surface area contributed by atoms with Crippen LogP contribution in [-0.4, -0.2) is 42.0 Å². The molecule has 1 fully saturated rings. The monoisotopic (exact) mass is 405 g/mol. The summed E-state index contributed by atoms with van der Waals surface area (Å²) in [6.45, 7) is 3.99. The number of amides is 1. The van der Waals surface area contributed by atoms with Crippen molar-refractivity contribution in [2.45, 2.75) is 32.2 Å². The third-order valence-corrected chi connectivity index (χ3v) is 6.71. The topological polar surface area (TPSA) is 45.2 Å². The lowest BCUT2D eigenvalue weighted by Gasteiger charge is -2.29. The van der Waals surface area contributed by atoms with Crippen LogP contribution in [0.25, 0.3) is 10.6 Å². The molecular weight excluding hydrogens is 378 g/mol. The summed E-state index contributed by atoms with van der Waals surface area (Å²) in [5.41, 5.74) is 4.45. The minimum atomic E-state index is 0.0153. The molecule has 29 heavy (non-hydrogen) atoms. The Morgan fingerprint density at radius 1 is 1.07 bits per heavy atom. The fourth-order valence-corrected chi connectivity index (χ4v) is 4.71. The number of carbonyl (C=O) groups excluding carboxylic acids is 1. The van der Waals surface area contributed by atoms with Gasteiger partial charge in [0, 0.05) is 11.6 Å². The van der Waals surface area contributed by atoms with Gasteiger partial charge in [0.05, 0.1) is 5.69 Å². The van der Waals surface area contributed by atoms with Crippen molar-refractivity contribution in [2.24, 2.45) is 0 Å². The molecule has 0 saturated carbocycles.